The molecule has 0 radical (unpaired) electrons. The summed E-state index contributed by atoms with van der Waals surface area (Å²) >= 11 is 0. The lowest BCUT2D eigenvalue weighted by molar-refractivity contribution is 0.341. The Morgan fingerprint density at radius 1 is 1.31 bits per heavy atom. The molecule has 0 aliphatic heterocycles. The molecule has 0 spiro atoms. The maximum atomic E-state index is 5.74. The number of nitrogens with one attached hydrogen (secondary N) is 1. The van der Waals surface area contributed by atoms with Crippen LogP contribution in [0.25, 0.3) is 0 Å². The predicted molar refractivity (Wildman–Crippen MR) is 68.9 cm³/mol. The number of benzene rings is 1. The fourth-order valence-corrected chi connectivity index (χ4v) is 1.56. The van der Waals surface area contributed by atoms with E-state index in [2.05, 4.69) is 19.2 Å². The molecule has 0 fully saturated rings. The van der Waals surface area contributed by atoms with Crippen LogP contribution in [0.1, 0.15) is 20.8 Å². The van der Waals surface area contributed by atoms with Crippen molar-refractivity contribution < 1.29 is 4.74 Å². The van der Waals surface area contributed by atoms with Crippen LogP contribution in [-0.2, 0) is 0 Å². The highest BCUT2D eigenvalue weighted by Crippen LogP contribution is 2.25. The van der Waals surface area contributed by atoms with Gasteiger partial charge in [-0.3, -0.25) is 0 Å². The van der Waals surface area contributed by atoms with E-state index in [1.54, 1.807) is 0 Å². The molecule has 3 nitrogen and oxygen atoms in total. The molecule has 0 aromatic heterocycles. The third kappa shape index (κ3) is 3.42. The van der Waals surface area contributed by atoms with E-state index in [0.717, 1.165) is 11.4 Å². The van der Waals surface area contributed by atoms with Crippen LogP contribution in [-0.4, -0.2) is 19.2 Å². The van der Waals surface area contributed by atoms with Crippen molar-refractivity contribution in [3.8, 4) is 5.75 Å². The summed E-state index contributed by atoms with van der Waals surface area (Å²) in [7, 11) is 0. The summed E-state index contributed by atoms with van der Waals surface area (Å²) in [6.07, 6.45) is 0. The van der Waals surface area contributed by atoms with Gasteiger partial charge in [-0.25, -0.2) is 0 Å². The van der Waals surface area contributed by atoms with Gasteiger partial charge < -0.3 is 15.8 Å². The second-order valence-electron chi connectivity index (χ2n) is 4.16. The van der Waals surface area contributed by atoms with Gasteiger partial charge in [-0.1, -0.05) is 26.0 Å². The first kappa shape index (κ1) is 12.8. The SMILES string of the molecule is CCOc1ccccc1NC(CN)C(C)C. The minimum atomic E-state index is 0.279. The van der Waals surface area contributed by atoms with Crippen molar-refractivity contribution in [1.82, 2.24) is 0 Å². The second kappa shape index (κ2) is 6.38. The number of nitrogens with two attached hydrogens (primary N) is 1. The molecular formula is C13H22N2O. The van der Waals surface area contributed by atoms with Crippen LogP contribution >= 0.6 is 0 Å². The Morgan fingerprint density at radius 3 is 2.56 bits per heavy atom. The Labute approximate surface area is 98.0 Å². The van der Waals surface area contributed by atoms with Gasteiger partial charge in [0.2, 0.25) is 0 Å². The highest BCUT2D eigenvalue weighted by molar-refractivity contribution is 5.56. The minimum absolute atomic E-state index is 0.279. The fourth-order valence-electron chi connectivity index (χ4n) is 1.56. The molecule has 1 rings (SSSR count). The van der Waals surface area contributed by atoms with Crippen LogP contribution in [0.3, 0.4) is 0 Å². The Kier molecular flexibility index (Phi) is 5.12. The van der Waals surface area contributed by atoms with E-state index < -0.39 is 0 Å². The smallest absolute Gasteiger partial charge is 0.142 e. The maximum absolute atomic E-state index is 5.74. The number of hydrogen-bond acceptors (Lipinski definition) is 3. The van der Waals surface area contributed by atoms with E-state index in [4.69, 9.17) is 10.5 Å². The van der Waals surface area contributed by atoms with E-state index in [0.29, 0.717) is 19.1 Å². The first-order valence-corrected chi connectivity index (χ1v) is 5.87. The third-order valence-corrected chi connectivity index (χ3v) is 2.59. The number of anilines is 1. The molecule has 0 bridgehead atoms. The van der Waals surface area contributed by atoms with Crippen molar-refractivity contribution in [2.24, 2.45) is 11.7 Å². The molecule has 0 aliphatic carbocycles. The highest BCUT2D eigenvalue weighted by Gasteiger charge is 2.12. The van der Waals surface area contributed by atoms with Crippen LogP contribution in [0.2, 0.25) is 0 Å². The van der Waals surface area contributed by atoms with E-state index >= 15 is 0 Å². The molecule has 0 amide bonds. The van der Waals surface area contributed by atoms with Crippen molar-refractivity contribution in [2.75, 3.05) is 18.5 Å². The first-order chi connectivity index (χ1) is 7.69. The molecule has 16 heavy (non-hydrogen) atoms. The lowest BCUT2D eigenvalue weighted by atomic mass is 10.0. The van der Waals surface area contributed by atoms with Gasteiger partial charge in [-0.05, 0) is 25.0 Å². The Hall–Kier alpha value is -1.22. The van der Waals surface area contributed by atoms with E-state index in [-0.39, 0.29) is 6.04 Å². The molecule has 1 aromatic carbocycles. The molecule has 1 unspecified atom stereocenters. The van der Waals surface area contributed by atoms with Gasteiger partial charge in [-0.15, -0.1) is 0 Å². The normalized spacial score (nSPS) is 12.6. The molecule has 0 aliphatic rings. The van der Waals surface area contributed by atoms with Gasteiger partial charge >= 0.3 is 0 Å². The predicted octanol–water partition coefficient (Wildman–Crippen LogP) is 2.48. The standard InChI is InChI=1S/C13H22N2O/c1-4-16-13-8-6-5-7-11(13)15-12(9-14)10(2)3/h5-8,10,12,15H,4,9,14H2,1-3H3. The Morgan fingerprint density at radius 2 is 2.00 bits per heavy atom. The Bertz CT molecular complexity index is 313. The quantitative estimate of drug-likeness (QED) is 0.777. The van der Waals surface area contributed by atoms with Crippen LogP contribution < -0.4 is 15.8 Å². The van der Waals surface area contributed by atoms with Gasteiger partial charge in [0.05, 0.1) is 12.3 Å². The van der Waals surface area contributed by atoms with Gasteiger partial charge in [0.1, 0.15) is 5.75 Å². The zero-order chi connectivity index (χ0) is 12.0. The highest BCUT2D eigenvalue weighted by atomic mass is 16.5. The summed E-state index contributed by atoms with van der Waals surface area (Å²) in [6, 6.07) is 8.25. The van der Waals surface area contributed by atoms with Gasteiger partial charge in [0.25, 0.3) is 0 Å². The monoisotopic (exact) mass is 222 g/mol. The first-order valence-electron chi connectivity index (χ1n) is 5.87. The van der Waals surface area contributed by atoms with Crippen molar-refractivity contribution >= 4 is 5.69 Å². The van der Waals surface area contributed by atoms with Crippen molar-refractivity contribution in [3.05, 3.63) is 24.3 Å². The zero-order valence-electron chi connectivity index (χ0n) is 10.4. The summed E-state index contributed by atoms with van der Waals surface area (Å²) < 4.78 is 5.56. The molecule has 90 valence electrons. The van der Waals surface area contributed by atoms with E-state index in [9.17, 15) is 0 Å². The van der Waals surface area contributed by atoms with Crippen LogP contribution in [0.4, 0.5) is 5.69 Å². The summed E-state index contributed by atoms with van der Waals surface area (Å²) in [6.45, 7) is 7.60. The average Bonchev–Trinajstić information content (AvgIpc) is 2.27. The fraction of sp³-hybridized carbons (Fsp3) is 0.538. The average molecular weight is 222 g/mol. The molecule has 0 saturated carbocycles. The third-order valence-electron chi connectivity index (χ3n) is 2.59. The number of ether oxygens (including phenoxy) is 1. The molecule has 1 aromatic rings. The number of rotatable bonds is 6. The van der Waals surface area contributed by atoms with Crippen molar-refractivity contribution in [2.45, 2.75) is 26.8 Å². The molecule has 0 saturated heterocycles. The van der Waals surface area contributed by atoms with Crippen LogP contribution in [0.15, 0.2) is 24.3 Å². The summed E-state index contributed by atoms with van der Waals surface area (Å²) in [5.41, 5.74) is 6.76. The molecule has 3 N–H and O–H groups in total. The van der Waals surface area contributed by atoms with E-state index in [1.807, 2.05) is 31.2 Å². The molecule has 3 heteroatoms. The van der Waals surface area contributed by atoms with Gasteiger partial charge in [-0.2, -0.15) is 0 Å². The number of para-hydroxylation sites is 2. The van der Waals surface area contributed by atoms with Gasteiger partial charge in [0.15, 0.2) is 0 Å². The van der Waals surface area contributed by atoms with Crippen LogP contribution in [0, 0.1) is 5.92 Å². The zero-order valence-corrected chi connectivity index (χ0v) is 10.4. The molecular weight excluding hydrogens is 200 g/mol. The van der Waals surface area contributed by atoms with Crippen molar-refractivity contribution in [3.63, 3.8) is 0 Å². The Balaban J connectivity index is 2.78. The summed E-state index contributed by atoms with van der Waals surface area (Å²) in [4.78, 5) is 0. The van der Waals surface area contributed by atoms with Crippen LogP contribution in [0.5, 0.6) is 5.75 Å². The van der Waals surface area contributed by atoms with Gasteiger partial charge in [0, 0.05) is 12.6 Å². The maximum Gasteiger partial charge on any atom is 0.142 e. The summed E-state index contributed by atoms with van der Waals surface area (Å²) in [5, 5.41) is 3.43. The minimum Gasteiger partial charge on any atom is -0.492 e. The number of hydrogen-bond donors (Lipinski definition) is 2. The molecule has 1 atom stereocenters. The lowest BCUT2D eigenvalue weighted by Crippen LogP contribution is -2.33. The topological polar surface area (TPSA) is 47.3 Å². The lowest BCUT2D eigenvalue weighted by Gasteiger charge is -2.23. The second-order valence-corrected chi connectivity index (χ2v) is 4.16. The largest absolute Gasteiger partial charge is 0.492 e. The molecule has 0 heterocycles. The van der Waals surface area contributed by atoms with Crippen molar-refractivity contribution in [1.29, 1.82) is 0 Å². The summed E-state index contributed by atoms with van der Waals surface area (Å²) in [5.74, 6) is 1.39. The van der Waals surface area contributed by atoms with E-state index in [1.165, 1.54) is 0 Å².